The summed E-state index contributed by atoms with van der Waals surface area (Å²) >= 11 is 0. The summed E-state index contributed by atoms with van der Waals surface area (Å²) in [6.07, 6.45) is 0.396. The van der Waals surface area contributed by atoms with Gasteiger partial charge in [-0.2, -0.15) is 0 Å². The zero-order chi connectivity index (χ0) is 14.6. The molecule has 0 fully saturated rings. The molecule has 0 aromatic heterocycles. The monoisotopic (exact) mass is 263 g/mol. The Bertz CT molecular complexity index is 457. The van der Waals surface area contributed by atoms with Crippen molar-refractivity contribution in [2.24, 2.45) is 5.73 Å². The van der Waals surface area contributed by atoms with E-state index in [9.17, 15) is 9.59 Å². The summed E-state index contributed by atoms with van der Waals surface area (Å²) in [5.74, 6) is -0.397. The molecular formula is C15H21NO3. The SMILES string of the molecule is CC(=O)c1ccc(C[C@H](N)C(=O)OC(C)(C)C)cc1. The average Bonchev–Trinajstić information content (AvgIpc) is 2.27. The number of esters is 1. The number of nitrogens with two attached hydrogens (primary N) is 1. The first-order valence-corrected chi connectivity index (χ1v) is 6.27. The van der Waals surface area contributed by atoms with Crippen molar-refractivity contribution in [3.8, 4) is 0 Å². The lowest BCUT2D eigenvalue weighted by Crippen LogP contribution is -2.38. The second kappa shape index (κ2) is 5.97. The van der Waals surface area contributed by atoms with Crippen LogP contribution in [0.3, 0.4) is 0 Å². The van der Waals surface area contributed by atoms with Gasteiger partial charge in [-0.3, -0.25) is 9.59 Å². The quantitative estimate of drug-likeness (QED) is 0.667. The number of ether oxygens (including phenoxy) is 1. The average molecular weight is 263 g/mol. The Morgan fingerprint density at radius 2 is 1.74 bits per heavy atom. The van der Waals surface area contributed by atoms with Gasteiger partial charge in [-0.15, -0.1) is 0 Å². The molecule has 1 atom stereocenters. The predicted molar refractivity (Wildman–Crippen MR) is 74.0 cm³/mol. The molecule has 0 radical (unpaired) electrons. The molecule has 4 heteroatoms. The van der Waals surface area contributed by atoms with E-state index in [2.05, 4.69) is 0 Å². The molecule has 1 rings (SSSR count). The Morgan fingerprint density at radius 1 is 1.21 bits per heavy atom. The Balaban J connectivity index is 2.64. The van der Waals surface area contributed by atoms with Crippen LogP contribution < -0.4 is 5.73 Å². The zero-order valence-corrected chi connectivity index (χ0v) is 11.9. The minimum absolute atomic E-state index is 0.0167. The number of hydrogen-bond acceptors (Lipinski definition) is 4. The van der Waals surface area contributed by atoms with Gasteiger partial charge in [0.05, 0.1) is 0 Å². The molecular weight excluding hydrogens is 242 g/mol. The number of Topliss-reactive ketones (excluding diaryl/α,β-unsaturated/α-hetero) is 1. The third-order valence-corrected chi connectivity index (χ3v) is 2.53. The van der Waals surface area contributed by atoms with Crippen LogP contribution in [0.5, 0.6) is 0 Å². The molecule has 0 saturated carbocycles. The first-order chi connectivity index (χ1) is 8.69. The van der Waals surface area contributed by atoms with Crippen molar-refractivity contribution in [2.45, 2.75) is 45.8 Å². The number of ketones is 1. The van der Waals surface area contributed by atoms with Crippen LogP contribution >= 0.6 is 0 Å². The van der Waals surface area contributed by atoms with E-state index in [0.29, 0.717) is 12.0 Å². The van der Waals surface area contributed by atoms with Crippen LogP contribution in [0.2, 0.25) is 0 Å². The van der Waals surface area contributed by atoms with E-state index in [0.717, 1.165) is 5.56 Å². The highest BCUT2D eigenvalue weighted by Crippen LogP contribution is 2.11. The highest BCUT2D eigenvalue weighted by Gasteiger charge is 2.22. The first-order valence-electron chi connectivity index (χ1n) is 6.27. The summed E-state index contributed by atoms with van der Waals surface area (Å²) in [6.45, 7) is 6.93. The number of rotatable bonds is 4. The van der Waals surface area contributed by atoms with E-state index in [1.54, 1.807) is 45.0 Å². The first kappa shape index (κ1) is 15.4. The second-order valence-corrected chi connectivity index (χ2v) is 5.60. The van der Waals surface area contributed by atoms with Crippen LogP contribution in [0.1, 0.15) is 43.6 Å². The maximum Gasteiger partial charge on any atom is 0.323 e. The molecule has 104 valence electrons. The fourth-order valence-corrected chi connectivity index (χ4v) is 1.59. The molecule has 0 bridgehead atoms. The van der Waals surface area contributed by atoms with Crippen LogP contribution in [0, 0.1) is 0 Å². The third-order valence-electron chi connectivity index (χ3n) is 2.53. The summed E-state index contributed by atoms with van der Waals surface area (Å²) in [5.41, 5.74) is 6.83. The van der Waals surface area contributed by atoms with Gasteiger partial charge in [-0.1, -0.05) is 24.3 Å². The molecule has 0 aliphatic carbocycles. The minimum atomic E-state index is -0.692. The summed E-state index contributed by atoms with van der Waals surface area (Å²) in [5, 5.41) is 0. The molecule has 0 amide bonds. The van der Waals surface area contributed by atoms with Gasteiger partial charge in [0.25, 0.3) is 0 Å². The van der Waals surface area contributed by atoms with Crippen molar-refractivity contribution in [2.75, 3.05) is 0 Å². The van der Waals surface area contributed by atoms with E-state index in [1.807, 2.05) is 0 Å². The number of hydrogen-bond donors (Lipinski definition) is 1. The fourth-order valence-electron chi connectivity index (χ4n) is 1.59. The number of benzene rings is 1. The van der Waals surface area contributed by atoms with Crippen LogP contribution in [0.15, 0.2) is 24.3 Å². The van der Waals surface area contributed by atoms with Crippen LogP contribution in [0.4, 0.5) is 0 Å². The van der Waals surface area contributed by atoms with Gasteiger partial charge in [0.15, 0.2) is 5.78 Å². The Morgan fingerprint density at radius 3 is 2.16 bits per heavy atom. The van der Waals surface area contributed by atoms with Gasteiger partial charge in [-0.25, -0.2) is 0 Å². The smallest absolute Gasteiger partial charge is 0.323 e. The van der Waals surface area contributed by atoms with E-state index in [1.165, 1.54) is 6.92 Å². The standard InChI is InChI=1S/C15H21NO3/c1-10(17)12-7-5-11(6-8-12)9-13(16)14(18)19-15(2,3)4/h5-8,13H,9,16H2,1-4H3/t13-/m0/s1. The summed E-state index contributed by atoms with van der Waals surface area (Å²) < 4.78 is 5.22. The molecule has 0 unspecified atom stereocenters. The second-order valence-electron chi connectivity index (χ2n) is 5.60. The van der Waals surface area contributed by atoms with Crippen LogP contribution in [0.25, 0.3) is 0 Å². The maximum atomic E-state index is 11.7. The summed E-state index contributed by atoms with van der Waals surface area (Å²) in [6, 6.07) is 6.39. The van der Waals surface area contributed by atoms with Gasteiger partial charge in [0.1, 0.15) is 11.6 Å². The highest BCUT2D eigenvalue weighted by molar-refractivity contribution is 5.94. The van der Waals surface area contributed by atoms with Gasteiger partial charge < -0.3 is 10.5 Å². The molecule has 0 aliphatic heterocycles. The van der Waals surface area contributed by atoms with Crippen LogP contribution in [-0.2, 0) is 16.0 Å². The Hall–Kier alpha value is -1.68. The zero-order valence-electron chi connectivity index (χ0n) is 11.9. The summed E-state index contributed by atoms with van der Waals surface area (Å²) in [4.78, 5) is 22.9. The molecule has 0 aliphatic rings. The molecule has 4 nitrogen and oxygen atoms in total. The molecule has 19 heavy (non-hydrogen) atoms. The Labute approximate surface area is 113 Å². The summed E-state index contributed by atoms with van der Waals surface area (Å²) in [7, 11) is 0. The van der Waals surface area contributed by atoms with Gasteiger partial charge >= 0.3 is 5.97 Å². The Kier molecular flexibility index (Phi) is 4.84. The van der Waals surface area contributed by atoms with Crippen molar-refractivity contribution >= 4 is 11.8 Å². The highest BCUT2D eigenvalue weighted by atomic mass is 16.6. The normalized spacial score (nSPS) is 12.9. The van der Waals surface area contributed by atoms with E-state index < -0.39 is 17.6 Å². The van der Waals surface area contributed by atoms with E-state index in [-0.39, 0.29) is 5.78 Å². The fraction of sp³-hybridized carbons (Fsp3) is 0.467. The largest absolute Gasteiger partial charge is 0.459 e. The van der Waals surface area contributed by atoms with Crippen molar-refractivity contribution in [1.29, 1.82) is 0 Å². The van der Waals surface area contributed by atoms with E-state index >= 15 is 0 Å². The predicted octanol–water partition coefficient (Wildman–Crippen LogP) is 2.10. The lowest BCUT2D eigenvalue weighted by atomic mass is 10.0. The number of carbonyl (C=O) groups excluding carboxylic acids is 2. The third kappa shape index (κ3) is 5.22. The number of carbonyl (C=O) groups is 2. The van der Waals surface area contributed by atoms with Crippen molar-refractivity contribution in [1.82, 2.24) is 0 Å². The van der Waals surface area contributed by atoms with Crippen molar-refractivity contribution < 1.29 is 14.3 Å². The molecule has 0 heterocycles. The van der Waals surface area contributed by atoms with Crippen molar-refractivity contribution in [3.05, 3.63) is 35.4 Å². The maximum absolute atomic E-state index is 11.7. The molecule has 0 saturated heterocycles. The molecule has 2 N–H and O–H groups in total. The molecule has 1 aromatic rings. The van der Waals surface area contributed by atoms with Gasteiger partial charge in [-0.05, 0) is 39.7 Å². The van der Waals surface area contributed by atoms with E-state index in [4.69, 9.17) is 10.5 Å². The molecule has 1 aromatic carbocycles. The minimum Gasteiger partial charge on any atom is -0.459 e. The van der Waals surface area contributed by atoms with Gasteiger partial charge in [0, 0.05) is 5.56 Å². The van der Waals surface area contributed by atoms with Crippen LogP contribution in [-0.4, -0.2) is 23.4 Å². The lowest BCUT2D eigenvalue weighted by molar-refractivity contribution is -0.156. The molecule has 0 spiro atoms. The lowest BCUT2D eigenvalue weighted by Gasteiger charge is -2.22. The van der Waals surface area contributed by atoms with Crippen molar-refractivity contribution in [3.63, 3.8) is 0 Å². The van der Waals surface area contributed by atoms with Gasteiger partial charge in [0.2, 0.25) is 0 Å². The topological polar surface area (TPSA) is 69.4 Å².